The first-order chi connectivity index (χ1) is 6.97. The van der Waals surface area contributed by atoms with Crippen molar-refractivity contribution < 1.29 is 14.0 Å². The van der Waals surface area contributed by atoms with Gasteiger partial charge in [0.05, 0.1) is 7.11 Å². The van der Waals surface area contributed by atoms with Crippen LogP contribution in [0.5, 0.6) is 0 Å². The van der Waals surface area contributed by atoms with E-state index in [-0.39, 0.29) is 11.7 Å². The molecule has 0 radical (unpaired) electrons. The molecule has 4 heteroatoms. The Morgan fingerprint density at radius 1 is 1.33 bits per heavy atom. The quantitative estimate of drug-likeness (QED) is 0.701. The first-order valence-electron chi connectivity index (χ1n) is 4.56. The Morgan fingerprint density at radius 3 is 2.20 bits per heavy atom. The second-order valence-corrected chi connectivity index (χ2v) is 3.41. The lowest BCUT2D eigenvalue weighted by atomic mass is 10.1. The van der Waals surface area contributed by atoms with E-state index < -0.39 is 0 Å². The summed E-state index contributed by atoms with van der Waals surface area (Å²) in [5.74, 6) is -0.560. The van der Waals surface area contributed by atoms with Crippen LogP contribution >= 0.6 is 0 Å². The first kappa shape index (κ1) is 11.7. The lowest BCUT2D eigenvalue weighted by Gasteiger charge is -2.14. The van der Waals surface area contributed by atoms with Gasteiger partial charge in [-0.15, -0.1) is 0 Å². The summed E-state index contributed by atoms with van der Waals surface area (Å²) in [4.78, 5) is 16.4. The highest BCUT2D eigenvalue weighted by Gasteiger charge is 2.14. The molecular formula is C11H14FNO2. The fourth-order valence-corrected chi connectivity index (χ4v) is 1.33. The number of rotatable bonds is 2. The van der Waals surface area contributed by atoms with Crippen LogP contribution in [-0.2, 0) is 4.84 Å². The van der Waals surface area contributed by atoms with E-state index in [1.165, 1.54) is 26.3 Å². The molecule has 0 unspecified atom stereocenters. The molecule has 1 aromatic carbocycles. The largest absolute Gasteiger partial charge is 0.277 e. The van der Waals surface area contributed by atoms with Gasteiger partial charge >= 0.3 is 0 Å². The van der Waals surface area contributed by atoms with Gasteiger partial charge < -0.3 is 0 Å². The van der Waals surface area contributed by atoms with Crippen LogP contribution in [0, 0.1) is 19.7 Å². The number of hydroxylamine groups is 2. The molecule has 0 aromatic heterocycles. The third-order valence-corrected chi connectivity index (χ3v) is 2.24. The average molecular weight is 211 g/mol. The number of aryl methyl sites for hydroxylation is 2. The van der Waals surface area contributed by atoms with Crippen molar-refractivity contribution in [2.75, 3.05) is 14.2 Å². The SMILES string of the molecule is CON(C)C(=O)c1cc(C)c(F)c(C)c1. The molecule has 3 nitrogen and oxygen atoms in total. The molecule has 0 heterocycles. The van der Waals surface area contributed by atoms with Crippen molar-refractivity contribution in [3.63, 3.8) is 0 Å². The molecule has 1 amide bonds. The number of nitrogens with zero attached hydrogens (tertiary/aromatic N) is 1. The van der Waals surface area contributed by atoms with E-state index >= 15 is 0 Å². The highest BCUT2D eigenvalue weighted by molar-refractivity contribution is 5.93. The zero-order valence-electron chi connectivity index (χ0n) is 9.30. The van der Waals surface area contributed by atoms with Gasteiger partial charge in [-0.25, -0.2) is 9.45 Å². The monoisotopic (exact) mass is 211 g/mol. The summed E-state index contributed by atoms with van der Waals surface area (Å²) >= 11 is 0. The molecule has 0 fully saturated rings. The van der Waals surface area contributed by atoms with Gasteiger partial charge in [-0.05, 0) is 37.1 Å². The predicted molar refractivity (Wildman–Crippen MR) is 55.0 cm³/mol. The standard InChI is InChI=1S/C11H14FNO2/c1-7-5-9(6-8(2)10(7)12)11(14)13(3)15-4/h5-6H,1-4H3. The summed E-state index contributed by atoms with van der Waals surface area (Å²) in [6, 6.07) is 3.03. The third kappa shape index (κ3) is 2.33. The number of hydrogen-bond acceptors (Lipinski definition) is 2. The van der Waals surface area contributed by atoms with E-state index in [2.05, 4.69) is 0 Å². The van der Waals surface area contributed by atoms with Crippen molar-refractivity contribution in [3.05, 3.63) is 34.6 Å². The molecular weight excluding hydrogens is 197 g/mol. The molecule has 0 aliphatic heterocycles. The van der Waals surface area contributed by atoms with Gasteiger partial charge in [0.1, 0.15) is 5.82 Å². The lowest BCUT2D eigenvalue weighted by molar-refractivity contribution is -0.0757. The summed E-state index contributed by atoms with van der Waals surface area (Å²) < 4.78 is 13.3. The Bertz CT molecular complexity index is 367. The van der Waals surface area contributed by atoms with Gasteiger partial charge in [0, 0.05) is 12.6 Å². The van der Waals surface area contributed by atoms with Crippen LogP contribution < -0.4 is 0 Å². The Kier molecular flexibility index (Phi) is 3.42. The fourth-order valence-electron chi connectivity index (χ4n) is 1.33. The van der Waals surface area contributed by atoms with E-state index in [1.807, 2.05) is 0 Å². The van der Waals surface area contributed by atoms with Crippen LogP contribution in [0.25, 0.3) is 0 Å². The van der Waals surface area contributed by atoms with Gasteiger partial charge in [0.25, 0.3) is 5.91 Å². The molecule has 0 atom stereocenters. The van der Waals surface area contributed by atoms with Gasteiger partial charge in [-0.2, -0.15) is 0 Å². The highest BCUT2D eigenvalue weighted by atomic mass is 19.1. The van der Waals surface area contributed by atoms with Crippen molar-refractivity contribution in [3.8, 4) is 0 Å². The lowest BCUT2D eigenvalue weighted by Crippen LogP contribution is -2.25. The minimum Gasteiger partial charge on any atom is -0.274 e. The molecule has 0 saturated carbocycles. The zero-order valence-corrected chi connectivity index (χ0v) is 9.30. The Hall–Kier alpha value is -1.42. The predicted octanol–water partition coefficient (Wildman–Crippen LogP) is 2.08. The smallest absolute Gasteiger partial charge is 0.274 e. The summed E-state index contributed by atoms with van der Waals surface area (Å²) in [7, 11) is 2.91. The molecule has 0 saturated heterocycles. The van der Waals surface area contributed by atoms with Crippen LogP contribution in [0.1, 0.15) is 21.5 Å². The summed E-state index contributed by atoms with van der Waals surface area (Å²) in [5, 5.41) is 1.10. The van der Waals surface area contributed by atoms with Gasteiger partial charge in [0.15, 0.2) is 0 Å². The molecule has 1 aromatic rings. The summed E-state index contributed by atoms with van der Waals surface area (Å²) in [5.41, 5.74) is 1.35. The van der Waals surface area contributed by atoms with Crippen molar-refractivity contribution in [2.45, 2.75) is 13.8 Å². The molecule has 0 aliphatic rings. The first-order valence-corrected chi connectivity index (χ1v) is 4.56. The maximum atomic E-state index is 13.3. The maximum Gasteiger partial charge on any atom is 0.277 e. The maximum absolute atomic E-state index is 13.3. The molecule has 15 heavy (non-hydrogen) atoms. The van der Waals surface area contributed by atoms with Gasteiger partial charge in [-0.3, -0.25) is 9.63 Å². The normalized spacial score (nSPS) is 10.2. The molecule has 0 N–H and O–H groups in total. The minimum atomic E-state index is -0.288. The number of hydrogen-bond donors (Lipinski definition) is 0. The topological polar surface area (TPSA) is 29.5 Å². The molecule has 82 valence electrons. The molecule has 0 aliphatic carbocycles. The van der Waals surface area contributed by atoms with E-state index in [9.17, 15) is 9.18 Å². The van der Waals surface area contributed by atoms with E-state index in [4.69, 9.17) is 4.84 Å². The fraction of sp³-hybridized carbons (Fsp3) is 0.364. The summed E-state index contributed by atoms with van der Waals surface area (Å²) in [6.07, 6.45) is 0. The summed E-state index contributed by atoms with van der Waals surface area (Å²) in [6.45, 7) is 3.26. The van der Waals surface area contributed by atoms with Crippen molar-refractivity contribution in [1.82, 2.24) is 5.06 Å². The average Bonchev–Trinajstić information content (AvgIpc) is 2.23. The second kappa shape index (κ2) is 4.40. The Balaban J connectivity index is 3.12. The number of halogens is 1. The molecule has 0 spiro atoms. The number of benzene rings is 1. The van der Waals surface area contributed by atoms with Crippen molar-refractivity contribution in [1.29, 1.82) is 0 Å². The van der Waals surface area contributed by atoms with Crippen LogP contribution in [-0.4, -0.2) is 25.1 Å². The molecule has 1 rings (SSSR count). The van der Waals surface area contributed by atoms with Crippen LogP contribution in [0.3, 0.4) is 0 Å². The minimum absolute atomic E-state index is 0.272. The van der Waals surface area contributed by atoms with E-state index in [0.29, 0.717) is 16.7 Å². The molecule has 0 bridgehead atoms. The number of amides is 1. The van der Waals surface area contributed by atoms with Gasteiger partial charge in [0.2, 0.25) is 0 Å². The van der Waals surface area contributed by atoms with Crippen molar-refractivity contribution >= 4 is 5.91 Å². The van der Waals surface area contributed by atoms with Gasteiger partial charge in [-0.1, -0.05) is 0 Å². The zero-order chi connectivity index (χ0) is 11.6. The third-order valence-electron chi connectivity index (χ3n) is 2.24. The van der Waals surface area contributed by atoms with Crippen LogP contribution in [0.2, 0.25) is 0 Å². The van der Waals surface area contributed by atoms with Crippen LogP contribution in [0.4, 0.5) is 4.39 Å². The Morgan fingerprint density at radius 2 is 1.80 bits per heavy atom. The second-order valence-electron chi connectivity index (χ2n) is 3.41. The number of carbonyl (C=O) groups excluding carboxylic acids is 1. The van der Waals surface area contributed by atoms with Crippen molar-refractivity contribution in [2.24, 2.45) is 0 Å². The highest BCUT2D eigenvalue weighted by Crippen LogP contribution is 2.15. The number of carbonyl (C=O) groups is 1. The van der Waals surface area contributed by atoms with E-state index in [1.54, 1.807) is 13.8 Å². The van der Waals surface area contributed by atoms with Crippen LogP contribution in [0.15, 0.2) is 12.1 Å². The van der Waals surface area contributed by atoms with E-state index in [0.717, 1.165) is 5.06 Å². The Labute approximate surface area is 88.4 Å².